The Hall–Kier alpha value is -1.81. The Kier molecular flexibility index (Phi) is 6.68. The zero-order valence-corrected chi connectivity index (χ0v) is 11.3. The number of carboxylic acids is 1. The average molecular weight is 263 g/mol. The Morgan fingerprint density at radius 1 is 1.53 bits per heavy atom. The lowest BCUT2D eigenvalue weighted by molar-refractivity contribution is -0.138. The van der Waals surface area contributed by atoms with Crippen LogP contribution in [0.1, 0.15) is 18.9 Å². The summed E-state index contributed by atoms with van der Waals surface area (Å²) >= 11 is 0. The summed E-state index contributed by atoms with van der Waals surface area (Å²) in [6.07, 6.45) is 2.67. The summed E-state index contributed by atoms with van der Waals surface area (Å²) in [4.78, 5) is 12.6. The van der Waals surface area contributed by atoms with Crippen LogP contribution < -0.4 is 4.74 Å². The maximum Gasteiger partial charge on any atom is 0.317 e. The van der Waals surface area contributed by atoms with E-state index in [1.54, 1.807) is 6.08 Å². The summed E-state index contributed by atoms with van der Waals surface area (Å²) in [6.45, 7) is 7.52. The third-order valence-corrected chi connectivity index (χ3v) is 2.52. The molecule has 1 aromatic rings. The van der Waals surface area contributed by atoms with Crippen LogP contribution in [-0.4, -0.2) is 35.7 Å². The van der Waals surface area contributed by atoms with E-state index in [4.69, 9.17) is 9.84 Å². The molecule has 0 saturated heterocycles. The van der Waals surface area contributed by atoms with E-state index < -0.39 is 5.97 Å². The van der Waals surface area contributed by atoms with Gasteiger partial charge in [0.15, 0.2) is 0 Å². The first-order valence-corrected chi connectivity index (χ1v) is 6.42. The average Bonchev–Trinajstić information content (AvgIpc) is 2.36. The van der Waals surface area contributed by atoms with E-state index in [-0.39, 0.29) is 6.54 Å². The van der Waals surface area contributed by atoms with E-state index in [1.165, 1.54) is 0 Å². The normalized spacial score (nSPS) is 10.4. The summed E-state index contributed by atoms with van der Waals surface area (Å²) in [7, 11) is 0. The maximum absolute atomic E-state index is 10.8. The zero-order chi connectivity index (χ0) is 14.1. The summed E-state index contributed by atoms with van der Waals surface area (Å²) in [6, 6.07) is 7.76. The second-order valence-electron chi connectivity index (χ2n) is 4.35. The molecule has 0 bridgehead atoms. The monoisotopic (exact) mass is 263 g/mol. The van der Waals surface area contributed by atoms with E-state index >= 15 is 0 Å². The van der Waals surface area contributed by atoms with Crippen molar-refractivity contribution < 1.29 is 14.6 Å². The van der Waals surface area contributed by atoms with Gasteiger partial charge in [0.2, 0.25) is 0 Å². The first kappa shape index (κ1) is 15.2. The molecule has 19 heavy (non-hydrogen) atoms. The fourth-order valence-electron chi connectivity index (χ4n) is 1.77. The minimum Gasteiger partial charge on any atom is -0.494 e. The van der Waals surface area contributed by atoms with Crippen molar-refractivity contribution in [2.75, 3.05) is 19.7 Å². The fraction of sp³-hybridized carbons (Fsp3) is 0.400. The van der Waals surface area contributed by atoms with E-state index in [2.05, 4.69) is 13.5 Å². The van der Waals surface area contributed by atoms with Gasteiger partial charge >= 0.3 is 5.97 Å². The zero-order valence-electron chi connectivity index (χ0n) is 11.3. The van der Waals surface area contributed by atoms with Gasteiger partial charge in [0.05, 0.1) is 13.2 Å². The lowest BCUT2D eigenvalue weighted by atomic mass is 10.2. The molecule has 0 amide bonds. The van der Waals surface area contributed by atoms with Gasteiger partial charge in [-0.1, -0.05) is 25.1 Å². The largest absolute Gasteiger partial charge is 0.494 e. The van der Waals surface area contributed by atoms with E-state index in [0.29, 0.717) is 19.7 Å². The molecule has 0 saturated carbocycles. The molecule has 0 atom stereocenters. The van der Waals surface area contributed by atoms with Crippen LogP contribution in [0.15, 0.2) is 36.9 Å². The van der Waals surface area contributed by atoms with Gasteiger partial charge in [-0.25, -0.2) is 0 Å². The number of carbonyl (C=O) groups is 1. The number of hydrogen-bond donors (Lipinski definition) is 1. The van der Waals surface area contributed by atoms with Gasteiger partial charge in [0, 0.05) is 13.1 Å². The Labute approximate surface area is 114 Å². The Balaban J connectivity index is 2.66. The molecule has 0 radical (unpaired) electrons. The van der Waals surface area contributed by atoms with Gasteiger partial charge in [-0.05, 0) is 24.1 Å². The standard InChI is InChI=1S/C15H21NO3/c1-3-8-16(12-15(17)18)11-13-6-5-7-14(10-13)19-9-4-2/h3,5-7,10H,1,4,8-9,11-12H2,2H3,(H,17,18). The molecule has 1 aromatic carbocycles. The topological polar surface area (TPSA) is 49.8 Å². The summed E-state index contributed by atoms with van der Waals surface area (Å²) in [5.74, 6) is -0.00605. The van der Waals surface area contributed by atoms with Crippen molar-refractivity contribution in [3.63, 3.8) is 0 Å². The van der Waals surface area contributed by atoms with Gasteiger partial charge in [-0.3, -0.25) is 9.69 Å². The molecule has 0 aliphatic carbocycles. The van der Waals surface area contributed by atoms with E-state index in [9.17, 15) is 4.79 Å². The minimum absolute atomic E-state index is 0.00602. The highest BCUT2D eigenvalue weighted by molar-refractivity contribution is 5.69. The molecule has 0 unspecified atom stereocenters. The number of aliphatic carboxylic acids is 1. The molecule has 104 valence electrons. The van der Waals surface area contributed by atoms with Gasteiger partial charge in [0.1, 0.15) is 5.75 Å². The molecule has 0 spiro atoms. The first-order valence-electron chi connectivity index (χ1n) is 6.42. The molecule has 0 aromatic heterocycles. The van der Waals surface area contributed by atoms with Crippen molar-refractivity contribution in [1.29, 1.82) is 0 Å². The molecule has 4 nitrogen and oxygen atoms in total. The van der Waals surface area contributed by atoms with Crippen LogP contribution in [0, 0.1) is 0 Å². The fourth-order valence-corrected chi connectivity index (χ4v) is 1.77. The van der Waals surface area contributed by atoms with Crippen LogP contribution in [-0.2, 0) is 11.3 Å². The molecular formula is C15H21NO3. The van der Waals surface area contributed by atoms with Gasteiger partial charge in [-0.15, -0.1) is 6.58 Å². The molecular weight excluding hydrogens is 242 g/mol. The molecule has 0 aliphatic rings. The summed E-state index contributed by atoms with van der Waals surface area (Å²) in [5, 5.41) is 8.86. The van der Waals surface area contributed by atoms with Crippen LogP contribution in [0.2, 0.25) is 0 Å². The van der Waals surface area contributed by atoms with E-state index in [0.717, 1.165) is 17.7 Å². The lowest BCUT2D eigenvalue weighted by Crippen LogP contribution is -2.29. The number of carboxylic acid groups (broad SMARTS) is 1. The molecule has 0 heterocycles. The molecule has 0 fully saturated rings. The van der Waals surface area contributed by atoms with Gasteiger partial charge < -0.3 is 9.84 Å². The summed E-state index contributed by atoms with van der Waals surface area (Å²) < 4.78 is 5.56. The molecule has 1 rings (SSSR count). The van der Waals surface area contributed by atoms with Crippen LogP contribution in [0.25, 0.3) is 0 Å². The number of nitrogens with zero attached hydrogens (tertiary/aromatic N) is 1. The highest BCUT2D eigenvalue weighted by Gasteiger charge is 2.09. The van der Waals surface area contributed by atoms with Crippen molar-refractivity contribution >= 4 is 5.97 Å². The van der Waals surface area contributed by atoms with Crippen LogP contribution in [0.5, 0.6) is 5.75 Å². The Morgan fingerprint density at radius 2 is 2.32 bits per heavy atom. The summed E-state index contributed by atoms with van der Waals surface area (Å²) in [5.41, 5.74) is 1.04. The predicted octanol–water partition coefficient (Wildman–Crippen LogP) is 2.55. The van der Waals surface area contributed by atoms with Crippen molar-refractivity contribution in [3.8, 4) is 5.75 Å². The van der Waals surface area contributed by atoms with Crippen molar-refractivity contribution in [3.05, 3.63) is 42.5 Å². The minimum atomic E-state index is -0.833. The molecule has 0 aliphatic heterocycles. The Bertz CT molecular complexity index is 418. The second-order valence-corrected chi connectivity index (χ2v) is 4.35. The highest BCUT2D eigenvalue weighted by atomic mass is 16.5. The SMILES string of the molecule is C=CCN(CC(=O)O)Cc1cccc(OCCC)c1. The quantitative estimate of drug-likeness (QED) is 0.696. The molecule has 4 heteroatoms. The second kappa shape index (κ2) is 8.32. The Morgan fingerprint density at radius 3 is 2.95 bits per heavy atom. The van der Waals surface area contributed by atoms with E-state index in [1.807, 2.05) is 29.2 Å². The number of benzene rings is 1. The molecule has 1 N–H and O–H groups in total. The first-order chi connectivity index (χ1) is 9.15. The lowest BCUT2D eigenvalue weighted by Gasteiger charge is -2.18. The third kappa shape index (κ3) is 6.06. The van der Waals surface area contributed by atoms with Crippen molar-refractivity contribution in [2.24, 2.45) is 0 Å². The van der Waals surface area contributed by atoms with Crippen LogP contribution in [0.3, 0.4) is 0 Å². The number of ether oxygens (including phenoxy) is 1. The highest BCUT2D eigenvalue weighted by Crippen LogP contribution is 2.15. The van der Waals surface area contributed by atoms with Crippen molar-refractivity contribution in [1.82, 2.24) is 4.90 Å². The number of hydrogen-bond acceptors (Lipinski definition) is 3. The third-order valence-electron chi connectivity index (χ3n) is 2.52. The van der Waals surface area contributed by atoms with Gasteiger partial charge in [-0.2, -0.15) is 0 Å². The van der Waals surface area contributed by atoms with Crippen LogP contribution >= 0.6 is 0 Å². The number of rotatable bonds is 9. The van der Waals surface area contributed by atoms with Crippen LogP contribution in [0.4, 0.5) is 0 Å². The predicted molar refractivity (Wildman–Crippen MR) is 75.3 cm³/mol. The van der Waals surface area contributed by atoms with Gasteiger partial charge in [0.25, 0.3) is 0 Å². The smallest absolute Gasteiger partial charge is 0.317 e. The maximum atomic E-state index is 10.8. The van der Waals surface area contributed by atoms with Crippen molar-refractivity contribution in [2.45, 2.75) is 19.9 Å².